The van der Waals surface area contributed by atoms with Crippen molar-refractivity contribution >= 4 is 23.1 Å². The van der Waals surface area contributed by atoms with E-state index >= 15 is 0 Å². The molecule has 0 radical (unpaired) electrons. The number of aldehydes is 1. The van der Waals surface area contributed by atoms with Crippen molar-refractivity contribution < 1.29 is 9.21 Å². The predicted octanol–water partition coefficient (Wildman–Crippen LogP) is 1.22. The Morgan fingerprint density at radius 2 is 2.33 bits per heavy atom. The van der Waals surface area contributed by atoms with Crippen molar-refractivity contribution in [3.8, 4) is 0 Å². The summed E-state index contributed by atoms with van der Waals surface area (Å²) in [6, 6.07) is 3.21. The first kappa shape index (κ1) is 6.84. The molecule has 0 spiro atoms. The van der Waals surface area contributed by atoms with Crippen LogP contribution in [0.1, 0.15) is 10.6 Å². The lowest BCUT2D eigenvalue weighted by Crippen LogP contribution is -1.86. The second-order valence-electron chi connectivity index (χ2n) is 2.41. The lowest BCUT2D eigenvalue weighted by atomic mass is 10.3. The molecule has 0 aliphatic heterocycles. The van der Waals surface area contributed by atoms with Crippen LogP contribution in [-0.2, 0) is 0 Å². The number of pyridine rings is 1. The first-order valence-corrected chi connectivity index (χ1v) is 3.40. The molecule has 0 unspecified atom stereocenters. The highest BCUT2D eigenvalue weighted by Crippen LogP contribution is 2.18. The average molecular weight is 162 g/mol. The second-order valence-corrected chi connectivity index (χ2v) is 2.41. The average Bonchev–Trinajstić information content (AvgIpc) is 2.46. The van der Waals surface area contributed by atoms with Crippen molar-refractivity contribution in [2.24, 2.45) is 0 Å². The summed E-state index contributed by atoms with van der Waals surface area (Å²) in [5.41, 5.74) is 6.00. The zero-order valence-electron chi connectivity index (χ0n) is 6.15. The summed E-state index contributed by atoms with van der Waals surface area (Å²) in [6.45, 7) is 0. The second kappa shape index (κ2) is 2.34. The monoisotopic (exact) mass is 162 g/mol. The lowest BCUT2D eigenvalue weighted by molar-refractivity contribution is 0.110. The van der Waals surface area contributed by atoms with Gasteiger partial charge in [0.2, 0.25) is 0 Å². The van der Waals surface area contributed by atoms with E-state index in [2.05, 4.69) is 4.98 Å². The molecule has 2 aromatic heterocycles. The van der Waals surface area contributed by atoms with E-state index in [-0.39, 0.29) is 5.76 Å². The summed E-state index contributed by atoms with van der Waals surface area (Å²) in [5.74, 6) is 0.673. The Morgan fingerprint density at radius 1 is 1.50 bits per heavy atom. The molecule has 0 saturated heterocycles. The molecule has 2 heterocycles. The molecule has 0 aromatic carbocycles. The minimum Gasteiger partial charge on any atom is -0.453 e. The van der Waals surface area contributed by atoms with Crippen molar-refractivity contribution in [3.63, 3.8) is 0 Å². The number of rotatable bonds is 1. The first-order chi connectivity index (χ1) is 5.79. The van der Waals surface area contributed by atoms with E-state index < -0.39 is 0 Å². The van der Waals surface area contributed by atoms with Crippen LogP contribution in [0.25, 0.3) is 11.0 Å². The van der Waals surface area contributed by atoms with Crippen molar-refractivity contribution in [2.45, 2.75) is 0 Å². The lowest BCUT2D eigenvalue weighted by Gasteiger charge is -1.88. The highest BCUT2D eigenvalue weighted by atomic mass is 16.3. The minimum absolute atomic E-state index is 0.289. The third kappa shape index (κ3) is 0.934. The van der Waals surface area contributed by atoms with Gasteiger partial charge in [-0.25, -0.2) is 4.98 Å². The van der Waals surface area contributed by atoms with Crippen LogP contribution in [0.5, 0.6) is 0 Å². The van der Waals surface area contributed by atoms with E-state index in [1.165, 1.54) is 0 Å². The molecule has 0 saturated carbocycles. The van der Waals surface area contributed by atoms with E-state index in [1.54, 1.807) is 18.3 Å². The summed E-state index contributed by atoms with van der Waals surface area (Å²) in [7, 11) is 0. The summed E-state index contributed by atoms with van der Waals surface area (Å²) in [4.78, 5) is 14.2. The Balaban J connectivity index is 2.75. The largest absolute Gasteiger partial charge is 0.453 e. The van der Waals surface area contributed by atoms with E-state index in [9.17, 15) is 4.79 Å². The van der Waals surface area contributed by atoms with Gasteiger partial charge in [-0.1, -0.05) is 0 Å². The van der Waals surface area contributed by atoms with Crippen molar-refractivity contribution in [1.29, 1.82) is 0 Å². The highest BCUT2D eigenvalue weighted by Gasteiger charge is 2.02. The number of carbonyl (C=O) groups is 1. The van der Waals surface area contributed by atoms with Gasteiger partial charge in [-0.2, -0.15) is 0 Å². The first-order valence-electron chi connectivity index (χ1n) is 3.40. The van der Waals surface area contributed by atoms with Gasteiger partial charge >= 0.3 is 0 Å². The predicted molar refractivity (Wildman–Crippen MR) is 43.8 cm³/mol. The molecule has 0 aliphatic carbocycles. The summed E-state index contributed by atoms with van der Waals surface area (Å²) < 4.78 is 5.11. The van der Waals surface area contributed by atoms with Crippen LogP contribution < -0.4 is 5.73 Å². The molecule has 0 bridgehead atoms. The maximum Gasteiger partial charge on any atom is 0.185 e. The number of fused-ring (bicyclic) bond motifs is 1. The van der Waals surface area contributed by atoms with Crippen LogP contribution in [0.3, 0.4) is 0 Å². The van der Waals surface area contributed by atoms with Gasteiger partial charge in [0.15, 0.2) is 12.0 Å². The van der Waals surface area contributed by atoms with E-state index in [0.29, 0.717) is 17.7 Å². The Hall–Kier alpha value is -1.84. The molecule has 60 valence electrons. The smallest absolute Gasteiger partial charge is 0.185 e. The third-order valence-electron chi connectivity index (χ3n) is 1.56. The van der Waals surface area contributed by atoms with Crippen LogP contribution in [0, 0.1) is 0 Å². The van der Waals surface area contributed by atoms with Gasteiger partial charge in [-0.05, 0) is 6.07 Å². The van der Waals surface area contributed by atoms with Crippen LogP contribution in [-0.4, -0.2) is 11.3 Å². The Morgan fingerprint density at radius 3 is 3.08 bits per heavy atom. The Kier molecular flexibility index (Phi) is 1.33. The van der Waals surface area contributed by atoms with Gasteiger partial charge in [-0.15, -0.1) is 0 Å². The summed E-state index contributed by atoms with van der Waals surface area (Å²) >= 11 is 0. The summed E-state index contributed by atoms with van der Waals surface area (Å²) in [6.07, 6.45) is 2.22. The fraction of sp³-hybridized carbons (Fsp3) is 0. The number of hydrogen-bond acceptors (Lipinski definition) is 4. The van der Waals surface area contributed by atoms with Crippen LogP contribution >= 0.6 is 0 Å². The molecule has 2 rings (SSSR count). The molecular weight excluding hydrogens is 156 g/mol. The SMILES string of the molecule is Nc1cc2oc(C=O)cc2cn1. The van der Waals surface area contributed by atoms with Gasteiger partial charge in [0.25, 0.3) is 0 Å². The van der Waals surface area contributed by atoms with Crippen LogP contribution in [0.4, 0.5) is 5.82 Å². The molecule has 2 aromatic rings. The Bertz CT molecular complexity index is 434. The van der Waals surface area contributed by atoms with Crippen molar-refractivity contribution in [1.82, 2.24) is 4.98 Å². The maximum absolute atomic E-state index is 10.3. The number of carbonyl (C=O) groups excluding carboxylic acids is 1. The van der Waals surface area contributed by atoms with Crippen molar-refractivity contribution in [3.05, 3.63) is 24.1 Å². The molecular formula is C8H6N2O2. The molecule has 0 fully saturated rings. The van der Waals surface area contributed by atoms with Crippen molar-refractivity contribution in [2.75, 3.05) is 5.73 Å². The number of aromatic nitrogens is 1. The number of nitrogens with zero attached hydrogens (tertiary/aromatic N) is 1. The molecule has 12 heavy (non-hydrogen) atoms. The Labute approximate surface area is 68.0 Å². The molecule has 4 nitrogen and oxygen atoms in total. The van der Waals surface area contributed by atoms with Gasteiger partial charge < -0.3 is 10.2 Å². The third-order valence-corrected chi connectivity index (χ3v) is 1.56. The zero-order chi connectivity index (χ0) is 8.55. The highest BCUT2D eigenvalue weighted by molar-refractivity contribution is 5.85. The fourth-order valence-electron chi connectivity index (χ4n) is 1.03. The van der Waals surface area contributed by atoms with Gasteiger partial charge in [0.05, 0.1) is 0 Å². The standard InChI is InChI=1S/C8H6N2O2/c9-8-2-7-5(3-10-8)1-6(4-11)12-7/h1-4H,(H2,9,10). The van der Waals surface area contributed by atoms with Gasteiger partial charge in [0.1, 0.15) is 11.4 Å². The molecule has 0 amide bonds. The van der Waals surface area contributed by atoms with Crippen LogP contribution in [0.2, 0.25) is 0 Å². The molecule has 0 atom stereocenters. The number of anilines is 1. The quantitative estimate of drug-likeness (QED) is 0.640. The van der Waals surface area contributed by atoms with Gasteiger partial charge in [0, 0.05) is 17.6 Å². The summed E-state index contributed by atoms with van der Waals surface area (Å²) in [5, 5.41) is 0.784. The van der Waals surface area contributed by atoms with E-state index in [1.807, 2.05) is 0 Å². The van der Waals surface area contributed by atoms with Gasteiger partial charge in [-0.3, -0.25) is 4.79 Å². The zero-order valence-corrected chi connectivity index (χ0v) is 6.15. The van der Waals surface area contributed by atoms with Crippen LogP contribution in [0.15, 0.2) is 22.7 Å². The number of nitrogens with two attached hydrogens (primary N) is 1. The minimum atomic E-state index is 0.289. The topological polar surface area (TPSA) is 69.1 Å². The fourth-order valence-corrected chi connectivity index (χ4v) is 1.03. The molecule has 2 N–H and O–H groups in total. The van der Waals surface area contributed by atoms with E-state index in [0.717, 1.165) is 5.39 Å². The maximum atomic E-state index is 10.3. The van der Waals surface area contributed by atoms with E-state index in [4.69, 9.17) is 10.2 Å². The normalized spacial score (nSPS) is 10.3. The number of hydrogen-bond donors (Lipinski definition) is 1. The number of furan rings is 1. The molecule has 0 aliphatic rings. The molecule has 4 heteroatoms. The number of nitrogen functional groups attached to an aromatic ring is 1.